The van der Waals surface area contributed by atoms with Gasteiger partial charge in [-0.2, -0.15) is 0 Å². The van der Waals surface area contributed by atoms with E-state index in [0.717, 1.165) is 88.6 Å². The average Bonchev–Trinajstić information content (AvgIpc) is 3.91. The van der Waals surface area contributed by atoms with Crippen molar-refractivity contribution < 1.29 is 8.83 Å². The van der Waals surface area contributed by atoms with Crippen LogP contribution in [0.15, 0.2) is 161 Å². The molecule has 0 N–H and O–H groups in total. The second-order valence-corrected chi connectivity index (χ2v) is 12.4. The molecule has 0 spiro atoms. The van der Waals surface area contributed by atoms with Crippen LogP contribution in [0.25, 0.3) is 100 Å². The Morgan fingerprint density at radius 3 is 1.56 bits per heavy atom. The van der Waals surface area contributed by atoms with Crippen molar-refractivity contribution in [3.8, 4) is 34.2 Å². The smallest absolute Gasteiger partial charge is 0.215 e. The molecule has 0 fully saturated rings. The first-order valence-corrected chi connectivity index (χ1v) is 16.5. The van der Waals surface area contributed by atoms with Crippen LogP contribution in [0.5, 0.6) is 0 Å². The molecule has 11 aromatic rings. The summed E-state index contributed by atoms with van der Waals surface area (Å²) >= 11 is 0. The van der Waals surface area contributed by atoms with Gasteiger partial charge < -0.3 is 8.83 Å². The fourth-order valence-corrected chi connectivity index (χ4v) is 7.56. The Bertz CT molecular complexity index is 2880. The van der Waals surface area contributed by atoms with Gasteiger partial charge in [-0.1, -0.05) is 84.9 Å². The number of pyridine rings is 3. The number of fused-ring (bicyclic) bond motifs is 10. The Morgan fingerprint density at radius 2 is 0.960 bits per heavy atom. The summed E-state index contributed by atoms with van der Waals surface area (Å²) in [4.78, 5) is 15.3. The summed E-state index contributed by atoms with van der Waals surface area (Å²) in [5.41, 5.74) is 9.01. The molecule has 0 saturated heterocycles. The summed E-state index contributed by atoms with van der Waals surface area (Å²) in [6.45, 7) is 0. The lowest BCUT2D eigenvalue weighted by atomic mass is 10.1. The maximum atomic E-state index is 6.69. The molecular formula is C43H25N5O2. The molecule has 0 aliphatic carbocycles. The molecule has 234 valence electrons. The van der Waals surface area contributed by atoms with Gasteiger partial charge in [0.1, 0.15) is 22.7 Å². The van der Waals surface area contributed by atoms with Crippen LogP contribution in [0, 0.1) is 0 Å². The first kappa shape index (κ1) is 27.0. The van der Waals surface area contributed by atoms with Gasteiger partial charge in [0.25, 0.3) is 0 Å². The molecule has 0 unspecified atom stereocenters. The predicted molar refractivity (Wildman–Crippen MR) is 199 cm³/mol. The first-order valence-electron chi connectivity index (χ1n) is 16.5. The highest BCUT2D eigenvalue weighted by molar-refractivity contribution is 6.21. The molecule has 0 aliphatic heterocycles. The van der Waals surface area contributed by atoms with Crippen molar-refractivity contribution >= 4 is 65.9 Å². The SMILES string of the molecule is c1ccc(-c2cc(-n3c4ccccc4c4c5ccccc5oc43)c(-c3ccccn3)nc2-n2c3ccccc3c3c4ccccc4oc32)nc1. The van der Waals surface area contributed by atoms with E-state index in [4.69, 9.17) is 23.8 Å². The van der Waals surface area contributed by atoms with Crippen LogP contribution in [-0.4, -0.2) is 24.1 Å². The molecule has 0 bridgehead atoms. The van der Waals surface area contributed by atoms with E-state index in [1.165, 1.54) is 0 Å². The standard InChI is InChI=1S/C43H25N5O2/c1-5-19-33-26(13-1)38-28-15-3-7-21-36(28)49-42(38)47(33)35-25-30(31-17-9-11-23-44-31)41(46-40(35)32-18-10-12-24-45-32)48-34-20-6-2-14-27(34)39-29-16-4-8-22-37(29)50-43(39)48/h1-25H. The van der Waals surface area contributed by atoms with Crippen LogP contribution in [0.4, 0.5) is 0 Å². The summed E-state index contributed by atoms with van der Waals surface area (Å²) in [5.74, 6) is 0.690. The topological polar surface area (TPSA) is 74.8 Å². The number of hydrogen-bond acceptors (Lipinski definition) is 5. The number of nitrogens with zero attached hydrogens (tertiary/aromatic N) is 5. The Balaban J connectivity index is 1.33. The predicted octanol–water partition coefficient (Wildman–Crippen LogP) is 10.9. The van der Waals surface area contributed by atoms with Crippen molar-refractivity contribution in [3.63, 3.8) is 0 Å². The minimum Gasteiger partial charge on any atom is -0.439 e. The summed E-state index contributed by atoms with van der Waals surface area (Å²) in [6.07, 6.45) is 3.62. The van der Waals surface area contributed by atoms with E-state index in [9.17, 15) is 0 Å². The van der Waals surface area contributed by atoms with Crippen LogP contribution >= 0.6 is 0 Å². The minimum atomic E-state index is 0.690. The summed E-state index contributed by atoms with van der Waals surface area (Å²) in [5, 5.41) is 6.43. The van der Waals surface area contributed by atoms with E-state index in [1.807, 2.05) is 66.9 Å². The Morgan fingerprint density at radius 1 is 0.460 bits per heavy atom. The highest BCUT2D eigenvalue weighted by Crippen LogP contribution is 2.44. The van der Waals surface area contributed by atoms with Gasteiger partial charge in [0.2, 0.25) is 11.4 Å². The highest BCUT2D eigenvalue weighted by atomic mass is 16.3. The van der Waals surface area contributed by atoms with Crippen molar-refractivity contribution in [1.82, 2.24) is 24.1 Å². The van der Waals surface area contributed by atoms with Crippen molar-refractivity contribution in [3.05, 3.63) is 152 Å². The normalized spacial score (nSPS) is 12.0. The highest BCUT2D eigenvalue weighted by Gasteiger charge is 2.27. The quantitative estimate of drug-likeness (QED) is 0.191. The molecule has 0 amide bonds. The zero-order chi connectivity index (χ0) is 32.8. The molecule has 7 heteroatoms. The number of rotatable bonds is 4. The third-order valence-corrected chi connectivity index (χ3v) is 9.67. The number of para-hydroxylation sites is 4. The van der Waals surface area contributed by atoms with Gasteiger partial charge in [-0.3, -0.25) is 19.1 Å². The number of benzene rings is 4. The molecule has 11 rings (SSSR count). The second kappa shape index (κ2) is 10.3. The van der Waals surface area contributed by atoms with Crippen molar-refractivity contribution in [1.29, 1.82) is 0 Å². The molecule has 4 aromatic carbocycles. The van der Waals surface area contributed by atoms with E-state index in [2.05, 4.69) is 88.0 Å². The van der Waals surface area contributed by atoms with Crippen LogP contribution in [0.1, 0.15) is 0 Å². The van der Waals surface area contributed by atoms with Gasteiger partial charge in [0.15, 0.2) is 0 Å². The Kier molecular flexibility index (Phi) is 5.54. The van der Waals surface area contributed by atoms with Gasteiger partial charge in [0.05, 0.1) is 38.9 Å². The molecule has 7 aromatic heterocycles. The van der Waals surface area contributed by atoms with E-state index in [1.54, 1.807) is 6.20 Å². The maximum Gasteiger partial charge on any atom is 0.215 e. The van der Waals surface area contributed by atoms with Crippen molar-refractivity contribution in [2.75, 3.05) is 0 Å². The molecule has 50 heavy (non-hydrogen) atoms. The van der Waals surface area contributed by atoms with E-state index in [-0.39, 0.29) is 0 Å². The van der Waals surface area contributed by atoms with Crippen molar-refractivity contribution in [2.45, 2.75) is 0 Å². The summed E-state index contributed by atoms with van der Waals surface area (Å²) in [7, 11) is 0. The lowest BCUT2D eigenvalue weighted by molar-refractivity contribution is 0.642. The fourth-order valence-electron chi connectivity index (χ4n) is 7.56. The molecule has 0 aliphatic rings. The van der Waals surface area contributed by atoms with Gasteiger partial charge in [-0.05, 0) is 54.6 Å². The fraction of sp³-hybridized carbons (Fsp3) is 0. The molecule has 7 heterocycles. The van der Waals surface area contributed by atoms with E-state index in [0.29, 0.717) is 11.5 Å². The monoisotopic (exact) mass is 643 g/mol. The van der Waals surface area contributed by atoms with Crippen LogP contribution < -0.4 is 0 Å². The first-order chi connectivity index (χ1) is 24.8. The van der Waals surface area contributed by atoms with Crippen LogP contribution in [-0.2, 0) is 0 Å². The third kappa shape index (κ3) is 3.71. The van der Waals surface area contributed by atoms with Gasteiger partial charge in [0, 0.05) is 39.5 Å². The summed E-state index contributed by atoms with van der Waals surface area (Å²) in [6, 6.07) is 47.2. The third-order valence-electron chi connectivity index (χ3n) is 9.67. The Labute approximate surface area is 284 Å². The van der Waals surface area contributed by atoms with E-state index < -0.39 is 0 Å². The summed E-state index contributed by atoms with van der Waals surface area (Å²) < 4.78 is 17.7. The number of hydrogen-bond donors (Lipinski definition) is 0. The zero-order valence-corrected chi connectivity index (χ0v) is 26.5. The van der Waals surface area contributed by atoms with Crippen molar-refractivity contribution in [2.24, 2.45) is 0 Å². The van der Waals surface area contributed by atoms with E-state index >= 15 is 0 Å². The lowest BCUT2D eigenvalue weighted by Crippen LogP contribution is -2.07. The lowest BCUT2D eigenvalue weighted by Gasteiger charge is -2.18. The van der Waals surface area contributed by atoms with Gasteiger partial charge >= 0.3 is 0 Å². The average molecular weight is 644 g/mol. The zero-order valence-electron chi connectivity index (χ0n) is 26.5. The second-order valence-electron chi connectivity index (χ2n) is 12.4. The van der Waals surface area contributed by atoms with Gasteiger partial charge in [-0.15, -0.1) is 0 Å². The molecule has 0 saturated carbocycles. The number of aromatic nitrogens is 5. The van der Waals surface area contributed by atoms with Crippen LogP contribution in [0.2, 0.25) is 0 Å². The van der Waals surface area contributed by atoms with Crippen LogP contribution in [0.3, 0.4) is 0 Å². The Hall–Kier alpha value is -6.99. The molecule has 0 radical (unpaired) electrons. The molecular weight excluding hydrogens is 619 g/mol. The minimum absolute atomic E-state index is 0.690. The number of furan rings is 2. The largest absolute Gasteiger partial charge is 0.439 e. The molecule has 7 nitrogen and oxygen atoms in total. The maximum absolute atomic E-state index is 6.69. The van der Waals surface area contributed by atoms with Gasteiger partial charge in [-0.25, -0.2) is 4.98 Å². The molecule has 0 atom stereocenters.